The summed E-state index contributed by atoms with van der Waals surface area (Å²) in [6, 6.07) is 11.8. The van der Waals surface area contributed by atoms with Crippen LogP contribution in [-0.4, -0.2) is 17.6 Å². The summed E-state index contributed by atoms with van der Waals surface area (Å²) >= 11 is 0. The van der Waals surface area contributed by atoms with E-state index in [1.165, 1.54) is 24.3 Å². The smallest absolute Gasteiger partial charge is 0.418 e. The summed E-state index contributed by atoms with van der Waals surface area (Å²) < 4.78 is 39.5. The predicted molar refractivity (Wildman–Crippen MR) is 84.8 cm³/mol. The van der Waals surface area contributed by atoms with E-state index in [4.69, 9.17) is 5.11 Å². The van der Waals surface area contributed by atoms with Gasteiger partial charge in [-0.15, -0.1) is 0 Å². The summed E-state index contributed by atoms with van der Waals surface area (Å²) in [5.41, 5.74) is 1.11. The molecule has 0 bridgehead atoms. The van der Waals surface area contributed by atoms with Gasteiger partial charge in [-0.3, -0.25) is 0 Å². The lowest BCUT2D eigenvalue weighted by Gasteiger charge is -2.20. The van der Waals surface area contributed by atoms with E-state index in [9.17, 15) is 18.0 Å². The van der Waals surface area contributed by atoms with E-state index in [2.05, 4.69) is 0 Å². The molecule has 1 aliphatic rings. The van der Waals surface area contributed by atoms with Gasteiger partial charge >= 0.3 is 12.1 Å². The highest BCUT2D eigenvalue weighted by Crippen LogP contribution is 2.39. The molecule has 1 N–H and O–H groups in total. The van der Waals surface area contributed by atoms with E-state index in [1.807, 2.05) is 0 Å². The van der Waals surface area contributed by atoms with Crippen molar-refractivity contribution < 1.29 is 23.1 Å². The molecule has 24 heavy (non-hydrogen) atoms. The summed E-state index contributed by atoms with van der Waals surface area (Å²) in [5, 5.41) is 9.05. The van der Waals surface area contributed by atoms with Crippen molar-refractivity contribution in [3.8, 4) is 0 Å². The lowest BCUT2D eigenvalue weighted by Crippen LogP contribution is -2.18. The van der Waals surface area contributed by atoms with Gasteiger partial charge in [0.2, 0.25) is 0 Å². The van der Waals surface area contributed by atoms with Crippen molar-refractivity contribution in [3.05, 3.63) is 71.4 Å². The molecule has 0 radical (unpaired) electrons. The van der Waals surface area contributed by atoms with E-state index < -0.39 is 17.7 Å². The van der Waals surface area contributed by atoms with Gasteiger partial charge in [-0.05, 0) is 41.8 Å². The van der Waals surface area contributed by atoms with Crippen LogP contribution in [-0.2, 0) is 6.18 Å². The molecule has 2 aromatic rings. The van der Waals surface area contributed by atoms with E-state index in [-0.39, 0.29) is 11.3 Å². The molecule has 3 rings (SSSR count). The molecule has 1 heterocycles. The standard InChI is InChI=1S/C18H14F3NO2/c19-18(20,21)15-6-1-2-7-16(15)22-9-8-14(11-22)12-4-3-5-13(10-12)17(23)24/h1-7,10-11H,8-9H2,(H,23,24). The molecule has 0 saturated carbocycles. The van der Waals surface area contributed by atoms with Crippen LogP contribution in [0.3, 0.4) is 0 Å². The maximum Gasteiger partial charge on any atom is 0.418 e. The molecule has 1 aliphatic heterocycles. The van der Waals surface area contributed by atoms with Gasteiger partial charge in [0, 0.05) is 12.7 Å². The maximum absolute atomic E-state index is 13.2. The molecular weight excluding hydrogens is 319 g/mol. The number of benzene rings is 2. The second-order valence-electron chi connectivity index (χ2n) is 5.50. The van der Waals surface area contributed by atoms with Crippen molar-refractivity contribution in [3.63, 3.8) is 0 Å². The first-order valence-corrected chi connectivity index (χ1v) is 7.33. The number of hydrogen-bond donors (Lipinski definition) is 1. The normalized spacial score (nSPS) is 14.6. The SMILES string of the molecule is O=C(O)c1cccc(C2=CN(c3ccccc3C(F)(F)F)CC2)c1. The van der Waals surface area contributed by atoms with Crippen LogP contribution in [0.4, 0.5) is 18.9 Å². The van der Waals surface area contributed by atoms with Gasteiger partial charge in [0.15, 0.2) is 0 Å². The number of halogens is 3. The lowest BCUT2D eigenvalue weighted by atomic mass is 10.0. The number of aromatic carboxylic acids is 1. The van der Waals surface area contributed by atoms with Gasteiger partial charge in [-0.2, -0.15) is 13.2 Å². The highest BCUT2D eigenvalue weighted by Gasteiger charge is 2.35. The number of anilines is 1. The molecule has 2 aromatic carbocycles. The number of hydrogen-bond acceptors (Lipinski definition) is 2. The van der Waals surface area contributed by atoms with Crippen molar-refractivity contribution in [1.82, 2.24) is 0 Å². The third kappa shape index (κ3) is 3.13. The highest BCUT2D eigenvalue weighted by molar-refractivity contribution is 5.89. The number of nitrogens with zero attached hydrogens (tertiary/aromatic N) is 1. The average Bonchev–Trinajstić information content (AvgIpc) is 3.04. The Kier molecular flexibility index (Phi) is 4.05. The Morgan fingerprint density at radius 3 is 2.54 bits per heavy atom. The second kappa shape index (κ2) is 6.03. The van der Waals surface area contributed by atoms with Crippen LogP contribution in [0.1, 0.15) is 27.9 Å². The Hall–Kier alpha value is -2.76. The van der Waals surface area contributed by atoms with Gasteiger partial charge in [0.05, 0.1) is 16.8 Å². The van der Waals surface area contributed by atoms with Crippen molar-refractivity contribution in [2.24, 2.45) is 0 Å². The molecule has 124 valence electrons. The molecule has 0 fully saturated rings. The number of para-hydroxylation sites is 1. The van der Waals surface area contributed by atoms with Crippen LogP contribution in [0.5, 0.6) is 0 Å². The minimum Gasteiger partial charge on any atom is -0.478 e. The molecule has 3 nitrogen and oxygen atoms in total. The number of carboxylic acid groups (broad SMARTS) is 1. The third-order valence-corrected chi connectivity index (χ3v) is 3.93. The second-order valence-corrected chi connectivity index (χ2v) is 5.50. The number of rotatable bonds is 3. The topological polar surface area (TPSA) is 40.5 Å². The van der Waals surface area contributed by atoms with E-state index in [0.717, 1.165) is 11.6 Å². The summed E-state index contributed by atoms with van der Waals surface area (Å²) in [5.74, 6) is -1.03. The van der Waals surface area contributed by atoms with Gasteiger partial charge in [-0.1, -0.05) is 24.3 Å². The van der Waals surface area contributed by atoms with E-state index in [0.29, 0.717) is 18.5 Å². The zero-order chi connectivity index (χ0) is 17.3. The summed E-state index contributed by atoms with van der Waals surface area (Å²) in [4.78, 5) is 12.6. The Balaban J connectivity index is 1.95. The summed E-state index contributed by atoms with van der Waals surface area (Å²) in [6.45, 7) is 0.416. The first-order chi connectivity index (χ1) is 11.4. The molecule has 0 saturated heterocycles. The van der Waals surface area contributed by atoms with E-state index in [1.54, 1.807) is 29.3 Å². The molecule has 6 heteroatoms. The van der Waals surface area contributed by atoms with Gasteiger partial charge < -0.3 is 10.0 Å². The lowest BCUT2D eigenvalue weighted by molar-refractivity contribution is -0.137. The van der Waals surface area contributed by atoms with Crippen LogP contribution >= 0.6 is 0 Å². The van der Waals surface area contributed by atoms with Crippen LogP contribution < -0.4 is 4.90 Å². The molecule has 0 atom stereocenters. The first-order valence-electron chi connectivity index (χ1n) is 7.33. The highest BCUT2D eigenvalue weighted by atomic mass is 19.4. The molecule has 0 aliphatic carbocycles. The average molecular weight is 333 g/mol. The van der Waals surface area contributed by atoms with Crippen LogP contribution in [0, 0.1) is 0 Å². The molecular formula is C18H14F3NO2. The summed E-state index contributed by atoms with van der Waals surface area (Å²) in [6.07, 6.45) is -2.21. The number of carboxylic acids is 1. The third-order valence-electron chi connectivity index (χ3n) is 3.93. The molecule has 0 unspecified atom stereocenters. The Bertz CT molecular complexity index is 812. The summed E-state index contributed by atoms with van der Waals surface area (Å²) in [7, 11) is 0. The van der Waals surface area contributed by atoms with Crippen molar-refractivity contribution in [1.29, 1.82) is 0 Å². The molecule has 0 aromatic heterocycles. The van der Waals surface area contributed by atoms with Crippen molar-refractivity contribution >= 4 is 17.2 Å². The molecule has 0 spiro atoms. The minimum atomic E-state index is -4.42. The minimum absolute atomic E-state index is 0.106. The Morgan fingerprint density at radius 2 is 1.83 bits per heavy atom. The zero-order valence-electron chi connectivity index (χ0n) is 12.5. The van der Waals surface area contributed by atoms with Gasteiger partial charge in [0.25, 0.3) is 0 Å². The fraction of sp³-hybridized carbons (Fsp3) is 0.167. The zero-order valence-corrected chi connectivity index (χ0v) is 12.5. The van der Waals surface area contributed by atoms with Gasteiger partial charge in [-0.25, -0.2) is 4.79 Å². The Labute approximate surface area is 136 Å². The fourth-order valence-electron chi connectivity index (χ4n) is 2.78. The molecule has 0 amide bonds. The van der Waals surface area contributed by atoms with Crippen molar-refractivity contribution in [2.45, 2.75) is 12.6 Å². The van der Waals surface area contributed by atoms with Crippen molar-refractivity contribution in [2.75, 3.05) is 11.4 Å². The van der Waals surface area contributed by atoms with Crippen LogP contribution in [0.2, 0.25) is 0 Å². The predicted octanol–water partition coefficient (Wildman–Crippen LogP) is 4.65. The van der Waals surface area contributed by atoms with Crippen LogP contribution in [0.15, 0.2) is 54.7 Å². The largest absolute Gasteiger partial charge is 0.478 e. The number of alkyl halides is 3. The maximum atomic E-state index is 13.2. The van der Waals surface area contributed by atoms with E-state index >= 15 is 0 Å². The monoisotopic (exact) mass is 333 g/mol. The first kappa shape index (κ1) is 16.1. The fourth-order valence-corrected chi connectivity index (χ4v) is 2.78. The van der Waals surface area contributed by atoms with Crippen LogP contribution in [0.25, 0.3) is 5.57 Å². The Morgan fingerprint density at radius 1 is 1.08 bits per heavy atom. The quantitative estimate of drug-likeness (QED) is 0.888. The number of carbonyl (C=O) groups is 1. The van der Waals surface area contributed by atoms with Gasteiger partial charge in [0.1, 0.15) is 0 Å².